The zero-order valence-electron chi connectivity index (χ0n) is 12.7. The van der Waals surface area contributed by atoms with E-state index in [4.69, 9.17) is 0 Å². The first-order chi connectivity index (χ1) is 11.8. The van der Waals surface area contributed by atoms with E-state index in [2.05, 4.69) is 10.3 Å². The zero-order valence-corrected chi connectivity index (χ0v) is 12.7. The summed E-state index contributed by atoms with van der Waals surface area (Å²) in [6, 6.07) is 9.43. The first-order valence-corrected chi connectivity index (χ1v) is 7.49. The molecule has 0 bridgehead atoms. The molecule has 0 radical (unpaired) electrons. The number of halogens is 3. The first-order valence-electron chi connectivity index (χ1n) is 7.49. The highest BCUT2D eigenvalue weighted by Gasteiger charge is 2.32. The highest BCUT2D eigenvalue weighted by molar-refractivity contribution is 6.05. The van der Waals surface area contributed by atoms with Crippen LogP contribution < -0.4 is 10.9 Å². The topological polar surface area (TPSA) is 62.0 Å². The number of H-pyrrole nitrogens is 1. The fraction of sp³-hybridized carbons (Fsp3) is 0.111. The summed E-state index contributed by atoms with van der Waals surface area (Å²) in [5.41, 5.74) is 1.24. The molecule has 2 heterocycles. The van der Waals surface area contributed by atoms with E-state index >= 15 is 0 Å². The third kappa shape index (κ3) is 2.57. The Kier molecular flexibility index (Phi) is 3.21. The second-order valence-electron chi connectivity index (χ2n) is 5.86. The molecule has 1 aliphatic heterocycles. The predicted octanol–water partition coefficient (Wildman–Crippen LogP) is 3.71. The third-order valence-corrected chi connectivity index (χ3v) is 4.26. The quantitative estimate of drug-likeness (QED) is 0.653. The maximum atomic E-state index is 13.1. The molecule has 0 saturated carbocycles. The zero-order chi connectivity index (χ0) is 17.8. The number of hydrogen-bond donors (Lipinski definition) is 2. The fourth-order valence-electron chi connectivity index (χ4n) is 3.15. The molecular formula is C18H11F3N2O2. The van der Waals surface area contributed by atoms with Crippen molar-refractivity contribution in [3.8, 4) is 11.1 Å². The number of aromatic nitrogens is 1. The highest BCUT2D eigenvalue weighted by atomic mass is 19.4. The van der Waals surface area contributed by atoms with Crippen LogP contribution in [0, 0.1) is 0 Å². The van der Waals surface area contributed by atoms with Gasteiger partial charge in [-0.2, -0.15) is 13.2 Å². The Morgan fingerprint density at radius 3 is 2.48 bits per heavy atom. The predicted molar refractivity (Wildman–Crippen MR) is 87.3 cm³/mol. The van der Waals surface area contributed by atoms with Crippen LogP contribution in [-0.2, 0) is 17.4 Å². The minimum absolute atomic E-state index is 0.00868. The first kappa shape index (κ1) is 15.4. The minimum Gasteiger partial charge on any atom is -0.325 e. The summed E-state index contributed by atoms with van der Waals surface area (Å²) in [6.45, 7) is 0. The molecule has 0 aliphatic carbocycles. The Bertz CT molecular complexity index is 1080. The number of carbonyl (C=O) groups excluding carboxylic acids is 1. The lowest BCUT2D eigenvalue weighted by molar-refractivity contribution is -0.137. The molecule has 1 aliphatic rings. The summed E-state index contributed by atoms with van der Waals surface area (Å²) in [4.78, 5) is 26.3. The molecule has 2 N–H and O–H groups in total. The second-order valence-corrected chi connectivity index (χ2v) is 5.86. The van der Waals surface area contributed by atoms with Gasteiger partial charge in [0.1, 0.15) is 0 Å². The number of aromatic amines is 1. The van der Waals surface area contributed by atoms with E-state index in [1.807, 2.05) is 0 Å². The van der Waals surface area contributed by atoms with E-state index in [-0.39, 0.29) is 17.9 Å². The average Bonchev–Trinajstić information content (AvgIpc) is 2.68. The number of benzene rings is 2. The molecule has 0 fully saturated rings. The monoisotopic (exact) mass is 344 g/mol. The minimum atomic E-state index is -4.48. The van der Waals surface area contributed by atoms with Crippen molar-refractivity contribution >= 4 is 22.5 Å². The molecule has 2 aromatic carbocycles. The van der Waals surface area contributed by atoms with Crippen molar-refractivity contribution in [3.63, 3.8) is 0 Å². The lowest BCUT2D eigenvalue weighted by Crippen LogP contribution is -2.13. The van der Waals surface area contributed by atoms with E-state index in [1.165, 1.54) is 12.1 Å². The van der Waals surface area contributed by atoms with Crippen LogP contribution in [0.25, 0.3) is 22.0 Å². The molecule has 4 rings (SSSR count). The molecule has 1 amide bonds. The van der Waals surface area contributed by atoms with Crippen molar-refractivity contribution in [2.75, 3.05) is 5.32 Å². The van der Waals surface area contributed by atoms with Gasteiger partial charge in [-0.1, -0.05) is 6.07 Å². The number of pyridine rings is 1. The van der Waals surface area contributed by atoms with Crippen molar-refractivity contribution in [1.29, 1.82) is 0 Å². The van der Waals surface area contributed by atoms with Crippen LogP contribution >= 0.6 is 0 Å². The van der Waals surface area contributed by atoms with E-state index in [1.54, 1.807) is 18.2 Å². The lowest BCUT2D eigenvalue weighted by Gasteiger charge is -2.14. The number of hydrogen-bond acceptors (Lipinski definition) is 2. The molecule has 1 aromatic heterocycles. The van der Waals surface area contributed by atoms with Crippen molar-refractivity contribution < 1.29 is 18.0 Å². The molecular weight excluding hydrogens is 333 g/mol. The Labute approximate surface area is 139 Å². The van der Waals surface area contributed by atoms with Crippen LogP contribution in [0.15, 0.2) is 47.3 Å². The summed E-state index contributed by atoms with van der Waals surface area (Å²) in [7, 11) is 0. The lowest BCUT2D eigenvalue weighted by atomic mass is 9.93. The standard InChI is InChI=1S/C18H11F3N2O2/c19-18(20,21)9-1-4-15-13(7-9)10-2-5-14-11(3-6-16(24)22-14)12(10)8-17(25)23-15/h1-7H,8H2,(H,22,24)(H,23,25). The van der Waals surface area contributed by atoms with Crippen LogP contribution in [0.1, 0.15) is 11.1 Å². The van der Waals surface area contributed by atoms with Gasteiger partial charge in [0.15, 0.2) is 0 Å². The van der Waals surface area contributed by atoms with E-state index < -0.39 is 11.7 Å². The van der Waals surface area contributed by atoms with E-state index in [0.29, 0.717) is 33.3 Å². The van der Waals surface area contributed by atoms with Crippen molar-refractivity contribution in [1.82, 2.24) is 4.98 Å². The maximum absolute atomic E-state index is 13.1. The van der Waals surface area contributed by atoms with Gasteiger partial charge in [-0.05, 0) is 41.5 Å². The van der Waals surface area contributed by atoms with Gasteiger partial charge in [0.05, 0.1) is 12.0 Å². The summed E-state index contributed by atoms with van der Waals surface area (Å²) in [5.74, 6) is -0.321. The number of nitrogens with one attached hydrogen (secondary N) is 2. The van der Waals surface area contributed by atoms with E-state index in [9.17, 15) is 22.8 Å². The van der Waals surface area contributed by atoms with Gasteiger partial charge in [0.2, 0.25) is 11.5 Å². The number of rotatable bonds is 0. The molecule has 0 spiro atoms. The molecule has 126 valence electrons. The smallest absolute Gasteiger partial charge is 0.325 e. The number of anilines is 1. The fourth-order valence-corrected chi connectivity index (χ4v) is 3.15. The van der Waals surface area contributed by atoms with Crippen molar-refractivity contribution in [2.24, 2.45) is 0 Å². The SMILES string of the molecule is O=C1Cc2c(ccc3[nH]c(=O)ccc23)-c2cc(C(F)(F)F)ccc2N1. The van der Waals surface area contributed by atoms with Crippen LogP contribution in [0.3, 0.4) is 0 Å². The Morgan fingerprint density at radius 1 is 0.920 bits per heavy atom. The van der Waals surface area contributed by atoms with Crippen LogP contribution in [0.2, 0.25) is 0 Å². The molecule has 3 aromatic rings. The van der Waals surface area contributed by atoms with Gasteiger partial charge < -0.3 is 10.3 Å². The van der Waals surface area contributed by atoms with Crippen molar-refractivity contribution in [3.05, 3.63) is 63.9 Å². The van der Waals surface area contributed by atoms with Gasteiger partial charge in [-0.3, -0.25) is 9.59 Å². The normalized spacial score (nSPS) is 13.8. The molecule has 0 unspecified atom stereocenters. The van der Waals surface area contributed by atoms with E-state index in [0.717, 1.165) is 12.1 Å². The maximum Gasteiger partial charge on any atom is 0.416 e. The van der Waals surface area contributed by atoms with Crippen molar-refractivity contribution in [2.45, 2.75) is 12.6 Å². The number of amides is 1. The molecule has 0 saturated heterocycles. The van der Waals surface area contributed by atoms with Gasteiger partial charge in [-0.15, -0.1) is 0 Å². The average molecular weight is 344 g/mol. The molecule has 7 heteroatoms. The summed E-state index contributed by atoms with van der Waals surface area (Å²) >= 11 is 0. The summed E-state index contributed by atoms with van der Waals surface area (Å²) in [6.07, 6.45) is -4.47. The molecule has 0 atom stereocenters. The van der Waals surface area contributed by atoms with Gasteiger partial charge in [0.25, 0.3) is 0 Å². The van der Waals surface area contributed by atoms with Gasteiger partial charge >= 0.3 is 6.18 Å². The van der Waals surface area contributed by atoms with Gasteiger partial charge in [-0.25, -0.2) is 0 Å². The summed E-state index contributed by atoms with van der Waals surface area (Å²) in [5, 5.41) is 3.28. The number of carbonyl (C=O) groups is 1. The third-order valence-electron chi connectivity index (χ3n) is 4.26. The Balaban J connectivity index is 2.05. The van der Waals surface area contributed by atoms with Crippen LogP contribution in [0.5, 0.6) is 0 Å². The highest BCUT2D eigenvalue weighted by Crippen LogP contribution is 2.40. The Hall–Kier alpha value is -3.09. The molecule has 4 nitrogen and oxygen atoms in total. The second kappa shape index (κ2) is 5.20. The molecule has 25 heavy (non-hydrogen) atoms. The Morgan fingerprint density at radius 2 is 1.72 bits per heavy atom. The van der Waals surface area contributed by atoms with Crippen LogP contribution in [0.4, 0.5) is 18.9 Å². The van der Waals surface area contributed by atoms with Crippen LogP contribution in [-0.4, -0.2) is 10.9 Å². The van der Waals surface area contributed by atoms with Gasteiger partial charge in [0, 0.05) is 28.2 Å². The number of fused-ring (bicyclic) bond motifs is 5. The largest absolute Gasteiger partial charge is 0.416 e. The summed E-state index contributed by atoms with van der Waals surface area (Å²) < 4.78 is 39.2. The number of alkyl halides is 3.